The summed E-state index contributed by atoms with van der Waals surface area (Å²) >= 11 is 0. The van der Waals surface area contributed by atoms with Gasteiger partial charge in [0, 0.05) is 0 Å². The van der Waals surface area contributed by atoms with Crippen molar-refractivity contribution in [2.75, 3.05) is 0 Å². The lowest BCUT2D eigenvalue weighted by atomic mass is 9.97. The summed E-state index contributed by atoms with van der Waals surface area (Å²) in [7, 11) is 0. The highest BCUT2D eigenvalue weighted by Gasteiger charge is 2.02. The summed E-state index contributed by atoms with van der Waals surface area (Å²) in [5.41, 5.74) is 7.73. The van der Waals surface area contributed by atoms with E-state index >= 15 is 0 Å². The largest absolute Gasteiger partial charge is 0.0622 e. The lowest BCUT2D eigenvalue weighted by molar-refractivity contribution is 1.19. The van der Waals surface area contributed by atoms with Crippen molar-refractivity contribution in [3.8, 4) is 22.3 Å². The molecule has 0 aromatic heterocycles. The molecule has 0 spiro atoms. The van der Waals surface area contributed by atoms with Gasteiger partial charge >= 0.3 is 0 Å². The average Bonchev–Trinajstić information content (AvgIpc) is 2.80. The molecule has 0 fully saturated rings. The van der Waals surface area contributed by atoms with Crippen molar-refractivity contribution >= 4 is 10.8 Å². The van der Waals surface area contributed by atoms with Crippen molar-refractivity contribution in [1.29, 1.82) is 0 Å². The van der Waals surface area contributed by atoms with E-state index in [-0.39, 0.29) is 0 Å². The van der Waals surface area contributed by atoms with Gasteiger partial charge in [-0.1, -0.05) is 115 Å². The maximum atomic E-state index is 2.27. The second kappa shape index (κ2) is 7.77. The first kappa shape index (κ1) is 17.5. The van der Waals surface area contributed by atoms with Gasteiger partial charge in [0.15, 0.2) is 0 Å². The third-order valence-electron chi connectivity index (χ3n) is 5.51. The summed E-state index contributed by atoms with van der Waals surface area (Å²) in [6, 6.07) is 43.6. The van der Waals surface area contributed by atoms with Crippen LogP contribution in [0.15, 0.2) is 121 Å². The Morgan fingerprint density at radius 1 is 0.345 bits per heavy atom. The minimum absolute atomic E-state index is 0.951. The molecule has 5 aromatic rings. The quantitative estimate of drug-likeness (QED) is 0.303. The Balaban J connectivity index is 1.33. The van der Waals surface area contributed by atoms with Crippen LogP contribution in [0.4, 0.5) is 0 Å². The average molecular weight is 370 g/mol. The first-order valence-electron chi connectivity index (χ1n) is 10.1. The van der Waals surface area contributed by atoms with Gasteiger partial charge in [0.2, 0.25) is 0 Å². The van der Waals surface area contributed by atoms with Crippen LogP contribution < -0.4 is 0 Å². The standard InChI is InChI=1S/C29H22/c1-2-6-24(7-3-1)26-14-10-22(11-15-26)20-23-12-16-27(17-13-23)29-19-18-25-8-4-5-9-28(25)21-29/h1-19,21H,20H2. The Labute approximate surface area is 172 Å². The monoisotopic (exact) mass is 370 g/mol. The zero-order valence-electron chi connectivity index (χ0n) is 16.3. The second-order valence-corrected chi connectivity index (χ2v) is 7.50. The van der Waals surface area contributed by atoms with Crippen molar-refractivity contribution in [2.24, 2.45) is 0 Å². The molecule has 138 valence electrons. The number of hydrogen-bond donors (Lipinski definition) is 0. The molecule has 0 atom stereocenters. The molecule has 0 saturated heterocycles. The van der Waals surface area contributed by atoms with Crippen molar-refractivity contribution < 1.29 is 0 Å². The molecule has 5 aromatic carbocycles. The topological polar surface area (TPSA) is 0 Å². The maximum absolute atomic E-state index is 2.27. The third-order valence-corrected chi connectivity index (χ3v) is 5.51. The highest BCUT2D eigenvalue weighted by molar-refractivity contribution is 5.87. The van der Waals surface area contributed by atoms with E-state index < -0.39 is 0 Å². The van der Waals surface area contributed by atoms with Crippen LogP contribution in [0, 0.1) is 0 Å². The number of fused-ring (bicyclic) bond motifs is 1. The Morgan fingerprint density at radius 2 is 0.828 bits per heavy atom. The predicted molar refractivity (Wildman–Crippen MR) is 124 cm³/mol. The fraction of sp³-hybridized carbons (Fsp3) is 0.0345. The smallest absolute Gasteiger partial charge is 0.00258 e. The molecule has 0 unspecified atom stereocenters. The highest BCUT2D eigenvalue weighted by atomic mass is 14.1. The minimum atomic E-state index is 0.951. The predicted octanol–water partition coefficient (Wildman–Crippen LogP) is 7.76. The Kier molecular flexibility index (Phi) is 4.68. The van der Waals surface area contributed by atoms with Gasteiger partial charge in [-0.15, -0.1) is 0 Å². The van der Waals surface area contributed by atoms with Gasteiger partial charge in [0.25, 0.3) is 0 Å². The van der Waals surface area contributed by atoms with Crippen LogP contribution in [0.1, 0.15) is 11.1 Å². The Hall–Kier alpha value is -3.64. The van der Waals surface area contributed by atoms with Crippen molar-refractivity contribution in [1.82, 2.24) is 0 Å². The molecule has 0 nitrogen and oxygen atoms in total. The molecule has 0 heteroatoms. The molecule has 0 N–H and O–H groups in total. The number of benzene rings is 5. The van der Waals surface area contributed by atoms with Crippen molar-refractivity contribution in [3.63, 3.8) is 0 Å². The molecule has 0 aliphatic carbocycles. The molecular weight excluding hydrogens is 348 g/mol. The van der Waals surface area contributed by atoms with Crippen LogP contribution in [-0.2, 0) is 6.42 Å². The first-order chi connectivity index (χ1) is 14.3. The van der Waals surface area contributed by atoms with Crippen LogP contribution in [0.2, 0.25) is 0 Å². The van der Waals surface area contributed by atoms with Gasteiger partial charge in [-0.2, -0.15) is 0 Å². The lowest BCUT2D eigenvalue weighted by Gasteiger charge is -2.08. The fourth-order valence-corrected chi connectivity index (χ4v) is 3.87. The highest BCUT2D eigenvalue weighted by Crippen LogP contribution is 2.26. The van der Waals surface area contributed by atoms with Gasteiger partial charge in [0.05, 0.1) is 0 Å². The molecule has 5 rings (SSSR count). The molecule has 0 bridgehead atoms. The van der Waals surface area contributed by atoms with E-state index in [2.05, 4.69) is 121 Å². The van der Waals surface area contributed by atoms with E-state index in [1.54, 1.807) is 0 Å². The van der Waals surface area contributed by atoms with E-state index in [0.29, 0.717) is 0 Å². The summed E-state index contributed by atoms with van der Waals surface area (Å²) in [5, 5.41) is 2.57. The van der Waals surface area contributed by atoms with Crippen LogP contribution in [0.3, 0.4) is 0 Å². The van der Waals surface area contributed by atoms with E-state index in [9.17, 15) is 0 Å². The Bertz CT molecular complexity index is 1230. The van der Waals surface area contributed by atoms with Gasteiger partial charge in [-0.3, -0.25) is 0 Å². The third kappa shape index (κ3) is 3.83. The maximum Gasteiger partial charge on any atom is -0.00258 e. The molecule has 0 radical (unpaired) electrons. The zero-order chi connectivity index (χ0) is 19.5. The molecule has 0 amide bonds. The summed E-state index contributed by atoms with van der Waals surface area (Å²) in [5.74, 6) is 0. The van der Waals surface area contributed by atoms with Crippen LogP contribution in [-0.4, -0.2) is 0 Å². The van der Waals surface area contributed by atoms with Gasteiger partial charge in [-0.05, 0) is 56.6 Å². The van der Waals surface area contributed by atoms with E-state index in [1.165, 1.54) is 44.2 Å². The summed E-state index contributed by atoms with van der Waals surface area (Å²) < 4.78 is 0. The van der Waals surface area contributed by atoms with E-state index in [4.69, 9.17) is 0 Å². The molecule has 0 saturated carbocycles. The summed E-state index contributed by atoms with van der Waals surface area (Å²) in [4.78, 5) is 0. The molecule has 0 heterocycles. The second-order valence-electron chi connectivity index (χ2n) is 7.50. The lowest BCUT2D eigenvalue weighted by Crippen LogP contribution is -1.89. The normalized spacial score (nSPS) is 10.9. The van der Waals surface area contributed by atoms with Crippen LogP contribution in [0.5, 0.6) is 0 Å². The van der Waals surface area contributed by atoms with Gasteiger partial charge in [-0.25, -0.2) is 0 Å². The Morgan fingerprint density at radius 3 is 1.48 bits per heavy atom. The van der Waals surface area contributed by atoms with Crippen LogP contribution in [0.25, 0.3) is 33.0 Å². The summed E-state index contributed by atoms with van der Waals surface area (Å²) in [6.07, 6.45) is 0.951. The molecule has 0 aliphatic heterocycles. The van der Waals surface area contributed by atoms with Crippen molar-refractivity contribution in [2.45, 2.75) is 6.42 Å². The van der Waals surface area contributed by atoms with Gasteiger partial charge < -0.3 is 0 Å². The first-order valence-corrected chi connectivity index (χ1v) is 10.1. The van der Waals surface area contributed by atoms with Crippen molar-refractivity contribution in [3.05, 3.63) is 132 Å². The van der Waals surface area contributed by atoms with Crippen LogP contribution >= 0.6 is 0 Å². The summed E-state index contributed by atoms with van der Waals surface area (Å²) in [6.45, 7) is 0. The minimum Gasteiger partial charge on any atom is -0.0622 e. The molecular formula is C29H22. The fourth-order valence-electron chi connectivity index (χ4n) is 3.87. The number of hydrogen-bond acceptors (Lipinski definition) is 0. The van der Waals surface area contributed by atoms with E-state index in [1.807, 2.05) is 0 Å². The SMILES string of the molecule is c1ccc(-c2ccc(Cc3ccc(-c4ccc5ccccc5c4)cc3)cc2)cc1. The molecule has 29 heavy (non-hydrogen) atoms. The number of rotatable bonds is 4. The van der Waals surface area contributed by atoms with E-state index in [0.717, 1.165) is 6.42 Å². The zero-order valence-corrected chi connectivity index (χ0v) is 16.3. The molecule has 0 aliphatic rings. The van der Waals surface area contributed by atoms with Gasteiger partial charge in [0.1, 0.15) is 0 Å².